The molecule has 0 radical (unpaired) electrons. The Labute approximate surface area is 65.6 Å². The minimum absolute atomic E-state index is 0.0685. The zero-order valence-corrected chi connectivity index (χ0v) is 6.26. The van der Waals surface area contributed by atoms with Gasteiger partial charge in [0.05, 0.1) is 18.4 Å². The van der Waals surface area contributed by atoms with E-state index in [-0.39, 0.29) is 11.8 Å². The smallest absolute Gasteiger partial charge is 0.225 e. The van der Waals surface area contributed by atoms with Gasteiger partial charge in [0, 0.05) is 19.6 Å². The minimum atomic E-state index is 0.0685. The van der Waals surface area contributed by atoms with Crippen LogP contribution in [0, 0.1) is 17.2 Å². The number of hydrogen-bond acceptors (Lipinski definition) is 3. The number of amides is 1. The first kappa shape index (κ1) is 8.02. The molecule has 1 amide bonds. The highest BCUT2D eigenvalue weighted by Gasteiger charge is 2.23. The molecule has 0 unspecified atom stereocenters. The van der Waals surface area contributed by atoms with Crippen LogP contribution in [0.1, 0.15) is 6.42 Å². The van der Waals surface area contributed by atoms with Crippen molar-refractivity contribution in [3.8, 4) is 6.07 Å². The van der Waals surface area contributed by atoms with E-state index in [9.17, 15) is 4.79 Å². The molecular weight excluding hydrogens is 142 g/mol. The summed E-state index contributed by atoms with van der Waals surface area (Å²) in [5.74, 6) is 0.202. The Morgan fingerprint density at radius 1 is 1.73 bits per heavy atom. The third-order valence-corrected chi connectivity index (χ3v) is 1.69. The average Bonchev–Trinajstić information content (AvgIpc) is 1.84. The van der Waals surface area contributed by atoms with E-state index in [1.54, 1.807) is 0 Å². The lowest BCUT2D eigenvalue weighted by Crippen LogP contribution is -2.50. The van der Waals surface area contributed by atoms with Crippen molar-refractivity contribution in [3.63, 3.8) is 0 Å². The first-order chi connectivity index (χ1) is 5.34. The maximum atomic E-state index is 11.0. The second-order valence-electron chi connectivity index (χ2n) is 2.55. The molecule has 0 bridgehead atoms. The number of carbonyl (C=O) groups excluding carboxylic acids is 1. The third kappa shape index (κ3) is 2.20. The quantitative estimate of drug-likeness (QED) is 0.523. The van der Waals surface area contributed by atoms with E-state index in [2.05, 4.69) is 10.6 Å². The van der Waals surface area contributed by atoms with E-state index in [4.69, 9.17) is 5.26 Å². The van der Waals surface area contributed by atoms with Crippen LogP contribution in [0.3, 0.4) is 0 Å². The summed E-state index contributed by atoms with van der Waals surface area (Å²) >= 11 is 0. The van der Waals surface area contributed by atoms with Gasteiger partial charge in [-0.15, -0.1) is 0 Å². The molecule has 0 atom stereocenters. The second-order valence-corrected chi connectivity index (χ2v) is 2.55. The first-order valence-electron chi connectivity index (χ1n) is 3.70. The second kappa shape index (κ2) is 3.94. The predicted molar refractivity (Wildman–Crippen MR) is 39.6 cm³/mol. The molecule has 1 aliphatic heterocycles. The van der Waals surface area contributed by atoms with Crippen molar-refractivity contribution in [1.82, 2.24) is 10.6 Å². The van der Waals surface area contributed by atoms with E-state index < -0.39 is 0 Å². The monoisotopic (exact) mass is 153 g/mol. The molecule has 0 aromatic heterocycles. The summed E-state index contributed by atoms with van der Waals surface area (Å²) in [6, 6.07) is 1.97. The van der Waals surface area contributed by atoms with Crippen LogP contribution < -0.4 is 10.6 Å². The fourth-order valence-electron chi connectivity index (χ4n) is 0.860. The van der Waals surface area contributed by atoms with Crippen molar-refractivity contribution in [2.45, 2.75) is 6.42 Å². The number of carbonyl (C=O) groups is 1. The molecule has 4 heteroatoms. The Morgan fingerprint density at radius 3 is 2.91 bits per heavy atom. The van der Waals surface area contributed by atoms with Gasteiger partial charge in [-0.1, -0.05) is 0 Å². The molecule has 0 aromatic rings. The SMILES string of the molecule is N#CCCNC(=O)C1CNC1. The molecular formula is C7H11N3O. The summed E-state index contributed by atoms with van der Waals surface area (Å²) in [5, 5.41) is 13.9. The van der Waals surface area contributed by atoms with E-state index in [1.165, 1.54) is 0 Å². The van der Waals surface area contributed by atoms with Crippen LogP contribution >= 0.6 is 0 Å². The molecule has 1 aliphatic rings. The topological polar surface area (TPSA) is 64.9 Å². The van der Waals surface area contributed by atoms with Gasteiger partial charge < -0.3 is 10.6 Å². The van der Waals surface area contributed by atoms with Crippen LogP contribution in [0.2, 0.25) is 0 Å². The standard InChI is InChI=1S/C7H11N3O/c8-2-1-3-10-7(11)6-4-9-5-6/h6,9H,1,3-5H2,(H,10,11). The maximum absolute atomic E-state index is 11.0. The van der Waals surface area contributed by atoms with Gasteiger partial charge in [0.15, 0.2) is 0 Å². The predicted octanol–water partition coefficient (Wildman–Crippen LogP) is -0.764. The Hall–Kier alpha value is -1.08. The molecule has 1 fully saturated rings. The van der Waals surface area contributed by atoms with Gasteiger partial charge in [-0.05, 0) is 0 Å². The maximum Gasteiger partial charge on any atom is 0.225 e. The molecule has 1 heterocycles. The molecule has 0 spiro atoms. The van der Waals surface area contributed by atoms with E-state index in [0.29, 0.717) is 13.0 Å². The van der Waals surface area contributed by atoms with Gasteiger partial charge in [0.2, 0.25) is 5.91 Å². The highest BCUT2D eigenvalue weighted by molar-refractivity contribution is 5.79. The third-order valence-electron chi connectivity index (χ3n) is 1.69. The van der Waals surface area contributed by atoms with Crippen LogP contribution in [0.4, 0.5) is 0 Å². The van der Waals surface area contributed by atoms with Gasteiger partial charge >= 0.3 is 0 Å². The molecule has 4 nitrogen and oxygen atoms in total. The molecule has 0 aliphatic carbocycles. The van der Waals surface area contributed by atoms with Crippen LogP contribution in [-0.2, 0) is 4.79 Å². The number of nitriles is 1. The highest BCUT2D eigenvalue weighted by Crippen LogP contribution is 2.01. The summed E-state index contributed by atoms with van der Waals surface area (Å²) in [6.07, 6.45) is 0.395. The van der Waals surface area contributed by atoms with Gasteiger partial charge in [-0.25, -0.2) is 0 Å². The zero-order chi connectivity index (χ0) is 8.10. The normalized spacial score (nSPS) is 16.6. The molecule has 11 heavy (non-hydrogen) atoms. The van der Waals surface area contributed by atoms with Crippen LogP contribution in [-0.4, -0.2) is 25.5 Å². The minimum Gasteiger partial charge on any atom is -0.355 e. The Balaban J connectivity index is 2.06. The van der Waals surface area contributed by atoms with Crippen LogP contribution in [0.5, 0.6) is 0 Å². The molecule has 1 rings (SSSR count). The van der Waals surface area contributed by atoms with Crippen LogP contribution in [0.15, 0.2) is 0 Å². The lowest BCUT2D eigenvalue weighted by molar-refractivity contribution is -0.126. The van der Waals surface area contributed by atoms with E-state index in [0.717, 1.165) is 13.1 Å². The summed E-state index contributed by atoms with van der Waals surface area (Å²) in [4.78, 5) is 11.0. The fourth-order valence-corrected chi connectivity index (χ4v) is 0.860. The number of nitrogens with zero attached hydrogens (tertiary/aromatic N) is 1. The van der Waals surface area contributed by atoms with Crippen molar-refractivity contribution in [1.29, 1.82) is 5.26 Å². The Bertz CT molecular complexity index is 181. The number of hydrogen-bond donors (Lipinski definition) is 2. The van der Waals surface area contributed by atoms with Crippen molar-refractivity contribution in [3.05, 3.63) is 0 Å². The molecule has 0 saturated carbocycles. The lowest BCUT2D eigenvalue weighted by Gasteiger charge is -2.25. The summed E-state index contributed by atoms with van der Waals surface area (Å²) < 4.78 is 0. The van der Waals surface area contributed by atoms with E-state index in [1.807, 2.05) is 6.07 Å². The van der Waals surface area contributed by atoms with Gasteiger partial charge in [0.1, 0.15) is 0 Å². The molecule has 0 aromatic carbocycles. The van der Waals surface area contributed by atoms with Gasteiger partial charge in [-0.2, -0.15) is 5.26 Å². The van der Waals surface area contributed by atoms with Crippen molar-refractivity contribution >= 4 is 5.91 Å². The summed E-state index contributed by atoms with van der Waals surface area (Å²) in [6.45, 7) is 2.03. The van der Waals surface area contributed by atoms with Crippen LogP contribution in [0.25, 0.3) is 0 Å². The van der Waals surface area contributed by atoms with Crippen molar-refractivity contribution in [2.75, 3.05) is 19.6 Å². The molecule has 2 N–H and O–H groups in total. The Morgan fingerprint density at radius 2 is 2.45 bits per heavy atom. The zero-order valence-electron chi connectivity index (χ0n) is 6.26. The van der Waals surface area contributed by atoms with Crippen molar-refractivity contribution in [2.24, 2.45) is 5.92 Å². The molecule has 60 valence electrons. The molecule has 1 saturated heterocycles. The largest absolute Gasteiger partial charge is 0.355 e. The summed E-state index contributed by atoms with van der Waals surface area (Å²) in [7, 11) is 0. The fraction of sp³-hybridized carbons (Fsp3) is 0.714. The number of nitrogens with one attached hydrogen (secondary N) is 2. The Kier molecular flexibility index (Phi) is 2.87. The van der Waals surface area contributed by atoms with E-state index >= 15 is 0 Å². The van der Waals surface area contributed by atoms with Gasteiger partial charge in [-0.3, -0.25) is 4.79 Å². The average molecular weight is 153 g/mol. The van der Waals surface area contributed by atoms with Crippen molar-refractivity contribution < 1.29 is 4.79 Å². The highest BCUT2D eigenvalue weighted by atomic mass is 16.2. The first-order valence-corrected chi connectivity index (χ1v) is 3.70. The number of rotatable bonds is 3. The van der Waals surface area contributed by atoms with Gasteiger partial charge in [0.25, 0.3) is 0 Å². The summed E-state index contributed by atoms with van der Waals surface area (Å²) in [5.41, 5.74) is 0. The lowest BCUT2D eigenvalue weighted by atomic mass is 10.0.